The van der Waals surface area contributed by atoms with Gasteiger partial charge in [-0.05, 0) is 12.8 Å². The van der Waals surface area contributed by atoms with E-state index in [4.69, 9.17) is 0 Å². The SMILES string of the molecule is [NH3+][C@@H](CCC(=O)NC1CCCCC1)C(=O)[O-]. The number of rotatable bonds is 5. The van der Waals surface area contributed by atoms with Crippen LogP contribution in [0.1, 0.15) is 44.9 Å². The zero-order valence-electron chi connectivity index (χ0n) is 9.54. The summed E-state index contributed by atoms with van der Waals surface area (Å²) in [5.41, 5.74) is 3.41. The van der Waals surface area contributed by atoms with Gasteiger partial charge in [-0.25, -0.2) is 0 Å². The van der Waals surface area contributed by atoms with Gasteiger partial charge in [0.25, 0.3) is 0 Å². The second kappa shape index (κ2) is 6.48. The lowest BCUT2D eigenvalue weighted by molar-refractivity contribution is -0.438. The highest BCUT2D eigenvalue weighted by molar-refractivity contribution is 5.77. The molecular weight excluding hydrogens is 208 g/mol. The van der Waals surface area contributed by atoms with Crippen LogP contribution in [-0.4, -0.2) is 24.0 Å². The average Bonchev–Trinajstić information content (AvgIpc) is 2.27. The Morgan fingerprint density at radius 3 is 2.50 bits per heavy atom. The first kappa shape index (κ1) is 13.0. The molecule has 1 saturated carbocycles. The molecule has 1 aliphatic rings. The van der Waals surface area contributed by atoms with Crippen LogP contribution in [0.25, 0.3) is 0 Å². The number of hydrogen-bond donors (Lipinski definition) is 2. The summed E-state index contributed by atoms with van der Waals surface area (Å²) in [6, 6.07) is -0.510. The largest absolute Gasteiger partial charge is 0.544 e. The van der Waals surface area contributed by atoms with Crippen LogP contribution in [0.15, 0.2) is 0 Å². The van der Waals surface area contributed by atoms with Crippen LogP contribution in [0.5, 0.6) is 0 Å². The molecule has 0 heterocycles. The molecule has 0 bridgehead atoms. The summed E-state index contributed by atoms with van der Waals surface area (Å²) in [6.07, 6.45) is 6.14. The van der Waals surface area contributed by atoms with Gasteiger partial charge in [0.05, 0.1) is 5.97 Å². The second-order valence-electron chi connectivity index (χ2n) is 4.46. The van der Waals surface area contributed by atoms with Crippen molar-refractivity contribution in [2.45, 2.75) is 57.0 Å². The minimum absolute atomic E-state index is 0.0678. The maximum Gasteiger partial charge on any atom is 0.220 e. The van der Waals surface area contributed by atoms with E-state index >= 15 is 0 Å². The van der Waals surface area contributed by atoms with Crippen molar-refractivity contribution in [2.24, 2.45) is 0 Å². The molecule has 5 nitrogen and oxygen atoms in total. The fourth-order valence-corrected chi connectivity index (χ4v) is 1.97. The Morgan fingerprint density at radius 1 is 1.31 bits per heavy atom. The first-order chi connectivity index (χ1) is 7.59. The standard InChI is InChI=1S/C11H20N2O3/c12-9(11(15)16)6-7-10(14)13-8-4-2-1-3-5-8/h8-9H,1-7,12H2,(H,13,14)(H,15,16)/t9-/m0/s1. The molecule has 16 heavy (non-hydrogen) atoms. The number of aliphatic carboxylic acids is 1. The van der Waals surface area contributed by atoms with Crippen molar-refractivity contribution in [1.29, 1.82) is 0 Å². The second-order valence-corrected chi connectivity index (χ2v) is 4.46. The van der Waals surface area contributed by atoms with E-state index in [1.807, 2.05) is 0 Å². The molecule has 0 unspecified atom stereocenters. The van der Waals surface area contributed by atoms with Crippen LogP contribution in [0.3, 0.4) is 0 Å². The normalized spacial score (nSPS) is 19.1. The third kappa shape index (κ3) is 4.61. The molecule has 0 aromatic carbocycles. The third-order valence-corrected chi connectivity index (χ3v) is 3.02. The quantitative estimate of drug-likeness (QED) is 0.604. The predicted molar refractivity (Wildman–Crippen MR) is 55.9 cm³/mol. The molecule has 0 spiro atoms. The molecule has 1 amide bonds. The maximum absolute atomic E-state index is 11.5. The van der Waals surface area contributed by atoms with E-state index in [0.29, 0.717) is 0 Å². The van der Waals surface area contributed by atoms with Gasteiger partial charge in [-0.3, -0.25) is 4.79 Å². The van der Waals surface area contributed by atoms with Crippen molar-refractivity contribution < 1.29 is 20.4 Å². The van der Waals surface area contributed by atoms with E-state index in [1.54, 1.807) is 0 Å². The third-order valence-electron chi connectivity index (χ3n) is 3.02. The maximum atomic E-state index is 11.5. The Balaban J connectivity index is 2.17. The minimum atomic E-state index is -1.19. The lowest BCUT2D eigenvalue weighted by Crippen LogP contribution is -2.68. The predicted octanol–water partition coefficient (Wildman–Crippen LogP) is -1.42. The zero-order chi connectivity index (χ0) is 12.0. The van der Waals surface area contributed by atoms with E-state index < -0.39 is 12.0 Å². The molecule has 1 aliphatic carbocycles. The number of carboxylic acids is 1. The van der Waals surface area contributed by atoms with Crippen LogP contribution in [-0.2, 0) is 9.59 Å². The number of carboxylic acid groups (broad SMARTS) is 1. The van der Waals surface area contributed by atoms with Crippen molar-refractivity contribution >= 4 is 11.9 Å². The van der Waals surface area contributed by atoms with Crippen molar-refractivity contribution in [1.82, 2.24) is 5.32 Å². The van der Waals surface area contributed by atoms with E-state index in [9.17, 15) is 14.7 Å². The Morgan fingerprint density at radius 2 is 1.94 bits per heavy atom. The van der Waals surface area contributed by atoms with Gasteiger partial charge in [0, 0.05) is 18.9 Å². The Labute approximate surface area is 95.4 Å². The zero-order valence-corrected chi connectivity index (χ0v) is 9.54. The molecule has 0 aromatic heterocycles. The summed E-state index contributed by atoms with van der Waals surface area (Å²) in [5.74, 6) is -1.26. The topological polar surface area (TPSA) is 96.9 Å². The number of carbonyl (C=O) groups excluding carboxylic acids is 2. The van der Waals surface area contributed by atoms with Crippen LogP contribution in [0.2, 0.25) is 0 Å². The fourth-order valence-electron chi connectivity index (χ4n) is 1.97. The highest BCUT2D eigenvalue weighted by Gasteiger charge is 2.16. The van der Waals surface area contributed by atoms with Crippen molar-refractivity contribution in [3.05, 3.63) is 0 Å². The molecule has 1 fully saturated rings. The molecule has 4 N–H and O–H groups in total. The molecule has 0 saturated heterocycles. The van der Waals surface area contributed by atoms with E-state index in [1.165, 1.54) is 19.3 Å². The van der Waals surface area contributed by atoms with Gasteiger partial charge < -0.3 is 21.0 Å². The Kier molecular flexibility index (Phi) is 5.25. The van der Waals surface area contributed by atoms with Crippen LogP contribution >= 0.6 is 0 Å². The smallest absolute Gasteiger partial charge is 0.220 e. The minimum Gasteiger partial charge on any atom is -0.544 e. The van der Waals surface area contributed by atoms with E-state index in [0.717, 1.165) is 12.8 Å². The Hall–Kier alpha value is -1.10. The highest BCUT2D eigenvalue weighted by Crippen LogP contribution is 2.17. The van der Waals surface area contributed by atoms with Crippen molar-refractivity contribution in [3.8, 4) is 0 Å². The molecule has 5 heteroatoms. The van der Waals surface area contributed by atoms with Crippen molar-refractivity contribution in [3.63, 3.8) is 0 Å². The molecule has 92 valence electrons. The summed E-state index contributed by atoms with van der Waals surface area (Å²) in [7, 11) is 0. The first-order valence-electron chi connectivity index (χ1n) is 5.93. The summed E-state index contributed by atoms with van der Waals surface area (Å²) < 4.78 is 0. The molecule has 0 aromatic rings. The molecule has 0 aliphatic heterocycles. The Bertz CT molecular complexity index is 250. The first-order valence-corrected chi connectivity index (χ1v) is 5.93. The summed E-state index contributed by atoms with van der Waals surface area (Å²) >= 11 is 0. The summed E-state index contributed by atoms with van der Waals surface area (Å²) in [4.78, 5) is 21.9. The fraction of sp³-hybridized carbons (Fsp3) is 0.818. The van der Waals surface area contributed by atoms with Gasteiger partial charge in [-0.1, -0.05) is 19.3 Å². The van der Waals surface area contributed by atoms with Crippen LogP contribution in [0, 0.1) is 0 Å². The monoisotopic (exact) mass is 228 g/mol. The van der Waals surface area contributed by atoms with Gasteiger partial charge in [0.15, 0.2) is 0 Å². The number of nitrogens with one attached hydrogen (secondary N) is 1. The van der Waals surface area contributed by atoms with E-state index in [-0.39, 0.29) is 24.8 Å². The average molecular weight is 228 g/mol. The lowest BCUT2D eigenvalue weighted by Gasteiger charge is -2.22. The van der Waals surface area contributed by atoms with Gasteiger partial charge in [-0.2, -0.15) is 0 Å². The number of hydrogen-bond acceptors (Lipinski definition) is 3. The molecule has 1 rings (SSSR count). The van der Waals surface area contributed by atoms with Gasteiger partial charge in [0.2, 0.25) is 5.91 Å². The number of quaternary nitrogens is 1. The number of carbonyl (C=O) groups is 2. The van der Waals surface area contributed by atoms with Gasteiger partial charge >= 0.3 is 0 Å². The van der Waals surface area contributed by atoms with E-state index in [2.05, 4.69) is 11.1 Å². The van der Waals surface area contributed by atoms with Gasteiger partial charge in [-0.15, -0.1) is 0 Å². The highest BCUT2D eigenvalue weighted by atomic mass is 16.4. The summed E-state index contributed by atoms with van der Waals surface area (Å²) in [5, 5.41) is 13.3. The number of amides is 1. The van der Waals surface area contributed by atoms with Crippen LogP contribution in [0.4, 0.5) is 0 Å². The molecule has 0 radical (unpaired) electrons. The lowest BCUT2D eigenvalue weighted by atomic mass is 9.95. The van der Waals surface area contributed by atoms with Crippen LogP contribution < -0.4 is 16.2 Å². The van der Waals surface area contributed by atoms with Crippen molar-refractivity contribution in [2.75, 3.05) is 0 Å². The summed E-state index contributed by atoms with van der Waals surface area (Å²) in [6.45, 7) is 0. The van der Waals surface area contributed by atoms with Gasteiger partial charge in [0.1, 0.15) is 6.04 Å². The molecule has 1 atom stereocenters. The molecular formula is C11H20N2O3.